The Bertz CT molecular complexity index is 455. The summed E-state index contributed by atoms with van der Waals surface area (Å²) in [5.74, 6) is -0.309. The average Bonchev–Trinajstić information content (AvgIpc) is 2.15. The van der Waals surface area contributed by atoms with Gasteiger partial charge in [0.2, 0.25) is 0 Å². The highest BCUT2D eigenvalue weighted by molar-refractivity contribution is 14.1. The lowest BCUT2D eigenvalue weighted by Crippen LogP contribution is -2.12. The molecule has 1 aromatic rings. The maximum Gasteiger partial charge on any atom is 0.259 e. The van der Waals surface area contributed by atoms with Crippen molar-refractivity contribution < 1.29 is 13.2 Å². The second kappa shape index (κ2) is 4.26. The molecule has 4 nitrogen and oxygen atoms in total. The van der Waals surface area contributed by atoms with Gasteiger partial charge in [-0.25, -0.2) is 8.42 Å². The molecule has 0 saturated heterocycles. The number of nitrogens with one attached hydrogen (secondary N) is 1. The highest BCUT2D eigenvalue weighted by Crippen LogP contribution is 2.11. The van der Waals surface area contributed by atoms with Crippen LogP contribution in [-0.2, 0) is 9.84 Å². The van der Waals surface area contributed by atoms with E-state index in [0.717, 1.165) is 6.26 Å². The molecule has 0 fully saturated rings. The molecule has 1 amide bonds. The fourth-order valence-electron chi connectivity index (χ4n) is 0.923. The normalized spacial score (nSPS) is 11.0. The Kier molecular flexibility index (Phi) is 3.48. The van der Waals surface area contributed by atoms with Gasteiger partial charge in [-0.05, 0) is 18.2 Å². The van der Waals surface area contributed by atoms with Crippen molar-refractivity contribution in [2.45, 2.75) is 4.90 Å². The Morgan fingerprint density at radius 2 is 2.07 bits per heavy atom. The van der Waals surface area contributed by atoms with Crippen LogP contribution in [0.1, 0.15) is 10.4 Å². The van der Waals surface area contributed by atoms with Gasteiger partial charge in [-0.1, -0.05) is 6.07 Å². The van der Waals surface area contributed by atoms with Crippen molar-refractivity contribution in [2.75, 3.05) is 6.26 Å². The van der Waals surface area contributed by atoms with E-state index in [9.17, 15) is 13.2 Å². The second-order valence-corrected chi connectivity index (χ2v) is 5.28. The molecule has 0 aromatic heterocycles. The van der Waals surface area contributed by atoms with Crippen LogP contribution in [0.25, 0.3) is 0 Å². The van der Waals surface area contributed by atoms with Gasteiger partial charge in [0, 0.05) is 11.8 Å². The average molecular weight is 325 g/mol. The van der Waals surface area contributed by atoms with Crippen LogP contribution < -0.4 is 3.53 Å². The molecular weight excluding hydrogens is 317 g/mol. The van der Waals surface area contributed by atoms with Crippen LogP contribution in [0.5, 0.6) is 0 Å². The Labute approximate surface area is 96.1 Å². The van der Waals surface area contributed by atoms with E-state index in [2.05, 4.69) is 3.53 Å². The Balaban J connectivity index is 3.21. The van der Waals surface area contributed by atoms with E-state index in [1.807, 2.05) is 0 Å². The molecule has 1 rings (SSSR count). The molecule has 0 heterocycles. The van der Waals surface area contributed by atoms with Crippen LogP contribution in [0.3, 0.4) is 0 Å². The fraction of sp³-hybridized carbons (Fsp3) is 0.125. The third-order valence-electron chi connectivity index (χ3n) is 1.61. The van der Waals surface area contributed by atoms with Gasteiger partial charge in [-0.15, -0.1) is 0 Å². The Morgan fingerprint density at radius 3 is 2.57 bits per heavy atom. The van der Waals surface area contributed by atoms with Crippen LogP contribution in [-0.4, -0.2) is 20.6 Å². The lowest BCUT2D eigenvalue weighted by Gasteiger charge is -2.01. The molecule has 1 aromatic carbocycles. The summed E-state index contributed by atoms with van der Waals surface area (Å²) >= 11 is 1.70. The molecule has 0 aliphatic heterocycles. The molecule has 0 unspecified atom stereocenters. The zero-order valence-electron chi connectivity index (χ0n) is 7.32. The molecule has 0 saturated carbocycles. The molecule has 76 valence electrons. The number of amides is 1. The third kappa shape index (κ3) is 2.68. The van der Waals surface area contributed by atoms with Crippen LogP contribution in [0.4, 0.5) is 0 Å². The van der Waals surface area contributed by atoms with Crippen molar-refractivity contribution in [2.24, 2.45) is 0 Å². The van der Waals surface area contributed by atoms with E-state index < -0.39 is 9.84 Å². The molecular formula is C8H8INO3S. The maximum absolute atomic E-state index is 11.2. The summed E-state index contributed by atoms with van der Waals surface area (Å²) in [5.41, 5.74) is 0.335. The molecule has 6 heteroatoms. The van der Waals surface area contributed by atoms with Crippen molar-refractivity contribution in [3.05, 3.63) is 29.8 Å². The summed E-state index contributed by atoms with van der Waals surface area (Å²) in [5, 5.41) is 0. The van der Waals surface area contributed by atoms with Crippen LogP contribution in [0.2, 0.25) is 0 Å². The van der Waals surface area contributed by atoms with Crippen LogP contribution in [0.15, 0.2) is 29.2 Å². The van der Waals surface area contributed by atoms with Crippen molar-refractivity contribution in [1.82, 2.24) is 3.53 Å². The third-order valence-corrected chi connectivity index (χ3v) is 3.21. The number of hydrogen-bond donors (Lipinski definition) is 1. The number of carbonyl (C=O) groups is 1. The smallest absolute Gasteiger partial charge is 0.259 e. The lowest BCUT2D eigenvalue weighted by molar-refractivity contribution is 0.0989. The monoisotopic (exact) mass is 325 g/mol. The van der Waals surface area contributed by atoms with Gasteiger partial charge in [-0.3, -0.25) is 8.32 Å². The summed E-state index contributed by atoms with van der Waals surface area (Å²) in [4.78, 5) is 11.3. The topological polar surface area (TPSA) is 63.2 Å². The minimum absolute atomic E-state index is 0.148. The number of benzene rings is 1. The molecule has 0 bridgehead atoms. The first-order valence-corrected chi connectivity index (χ1v) is 6.63. The highest BCUT2D eigenvalue weighted by atomic mass is 127. The zero-order chi connectivity index (χ0) is 10.8. The van der Waals surface area contributed by atoms with Gasteiger partial charge in [0.15, 0.2) is 9.84 Å². The van der Waals surface area contributed by atoms with Gasteiger partial charge in [0.1, 0.15) is 0 Å². The molecule has 1 N–H and O–H groups in total. The Hall–Kier alpha value is -0.630. The summed E-state index contributed by atoms with van der Waals surface area (Å²) in [6.07, 6.45) is 1.11. The van der Waals surface area contributed by atoms with Gasteiger partial charge >= 0.3 is 0 Å². The predicted molar refractivity (Wildman–Crippen MR) is 61.0 cm³/mol. The molecule has 0 aliphatic rings. The summed E-state index contributed by atoms with van der Waals surface area (Å²) in [7, 11) is -3.25. The number of carbonyl (C=O) groups excluding carboxylic acids is 1. The lowest BCUT2D eigenvalue weighted by atomic mass is 10.2. The van der Waals surface area contributed by atoms with Crippen LogP contribution >= 0.6 is 22.9 Å². The number of hydrogen-bond acceptors (Lipinski definition) is 3. The standard InChI is InChI=1S/C8H8INO3S/c1-14(12,13)7-4-2-3-6(5-7)8(11)10-9/h2-5H,1H3,(H,10,11). The fourth-order valence-corrected chi connectivity index (χ4v) is 1.90. The van der Waals surface area contributed by atoms with E-state index in [0.29, 0.717) is 5.56 Å². The second-order valence-electron chi connectivity index (χ2n) is 2.72. The van der Waals surface area contributed by atoms with E-state index >= 15 is 0 Å². The van der Waals surface area contributed by atoms with Gasteiger partial charge in [-0.2, -0.15) is 0 Å². The zero-order valence-corrected chi connectivity index (χ0v) is 10.3. The van der Waals surface area contributed by atoms with E-state index in [1.54, 1.807) is 28.9 Å². The summed E-state index contributed by atoms with van der Waals surface area (Å²) in [6.45, 7) is 0. The van der Waals surface area contributed by atoms with E-state index in [4.69, 9.17) is 0 Å². The van der Waals surface area contributed by atoms with Crippen molar-refractivity contribution in [3.63, 3.8) is 0 Å². The Morgan fingerprint density at radius 1 is 1.43 bits per heavy atom. The molecule has 0 radical (unpaired) electrons. The number of rotatable bonds is 2. The summed E-state index contributed by atoms with van der Waals surface area (Å²) in [6, 6.07) is 5.91. The summed E-state index contributed by atoms with van der Waals surface area (Å²) < 4.78 is 24.7. The largest absolute Gasteiger partial charge is 0.295 e. The highest BCUT2D eigenvalue weighted by Gasteiger charge is 2.10. The first-order valence-electron chi connectivity index (χ1n) is 3.66. The van der Waals surface area contributed by atoms with Crippen LogP contribution in [0, 0.1) is 0 Å². The van der Waals surface area contributed by atoms with Gasteiger partial charge in [0.05, 0.1) is 27.8 Å². The van der Waals surface area contributed by atoms with Crippen molar-refractivity contribution >= 4 is 38.6 Å². The molecule has 0 aliphatic carbocycles. The number of halogens is 1. The molecule has 0 atom stereocenters. The van der Waals surface area contributed by atoms with E-state index in [-0.39, 0.29) is 10.8 Å². The minimum atomic E-state index is -3.25. The quantitative estimate of drug-likeness (QED) is 0.656. The SMILES string of the molecule is CS(=O)(=O)c1cccc(C(=O)NI)c1. The predicted octanol–water partition coefficient (Wildman–Crippen LogP) is 1.17. The molecule has 14 heavy (non-hydrogen) atoms. The molecule has 0 spiro atoms. The first kappa shape index (κ1) is 11.4. The van der Waals surface area contributed by atoms with Crippen molar-refractivity contribution in [3.8, 4) is 0 Å². The van der Waals surface area contributed by atoms with E-state index in [1.165, 1.54) is 18.2 Å². The van der Waals surface area contributed by atoms with Crippen molar-refractivity contribution in [1.29, 1.82) is 0 Å². The van der Waals surface area contributed by atoms with Gasteiger partial charge < -0.3 is 0 Å². The van der Waals surface area contributed by atoms with Gasteiger partial charge in [0.25, 0.3) is 5.91 Å². The maximum atomic E-state index is 11.2. The number of sulfone groups is 1. The minimum Gasteiger partial charge on any atom is -0.295 e. The first-order chi connectivity index (χ1) is 6.45.